The lowest BCUT2D eigenvalue weighted by Gasteiger charge is -2.13. The van der Waals surface area contributed by atoms with Gasteiger partial charge in [-0.15, -0.1) is 6.42 Å². The molecular weight excluding hydrogens is 468 g/mol. The van der Waals surface area contributed by atoms with Crippen molar-refractivity contribution < 1.29 is 19.1 Å². The number of carbonyl (C=O) groups is 2. The van der Waals surface area contributed by atoms with Crippen LogP contribution in [0, 0.1) is 23.7 Å². The number of halogens is 1. The van der Waals surface area contributed by atoms with Crippen molar-refractivity contribution in [2.75, 3.05) is 13.7 Å². The van der Waals surface area contributed by atoms with Crippen LogP contribution in [0.2, 0.25) is 0 Å². The summed E-state index contributed by atoms with van der Waals surface area (Å²) in [7, 11) is 1.50. The van der Waals surface area contributed by atoms with Crippen LogP contribution in [0.3, 0.4) is 0 Å². The van der Waals surface area contributed by atoms with Crippen LogP contribution in [0.5, 0.6) is 11.5 Å². The highest BCUT2D eigenvalue weighted by atomic mass is 79.9. The second-order valence-electron chi connectivity index (χ2n) is 6.05. The van der Waals surface area contributed by atoms with Crippen LogP contribution in [0.25, 0.3) is 6.08 Å². The number of carbonyl (C=O) groups excluding carboxylic acids is 2. The zero-order chi connectivity index (χ0) is 21.7. The molecule has 2 amide bonds. The van der Waals surface area contributed by atoms with E-state index in [-0.39, 0.29) is 18.1 Å². The van der Waals surface area contributed by atoms with Crippen molar-refractivity contribution in [1.82, 2.24) is 4.90 Å². The van der Waals surface area contributed by atoms with Gasteiger partial charge in [0.25, 0.3) is 11.1 Å². The Morgan fingerprint density at radius 2 is 2.03 bits per heavy atom. The smallest absolute Gasteiger partial charge is 0.294 e. The minimum absolute atomic E-state index is 0.0660. The maximum absolute atomic E-state index is 12.4. The third-order valence-electron chi connectivity index (χ3n) is 4.21. The summed E-state index contributed by atoms with van der Waals surface area (Å²) in [5.74, 6) is 2.79. The minimum Gasteiger partial charge on any atom is -0.493 e. The molecule has 6 nitrogen and oxygen atoms in total. The molecule has 0 atom stereocenters. The Bertz CT molecular complexity index is 1130. The molecule has 0 radical (unpaired) electrons. The molecule has 1 aliphatic heterocycles. The van der Waals surface area contributed by atoms with Gasteiger partial charge in [-0.3, -0.25) is 14.5 Å². The first-order valence-electron chi connectivity index (χ1n) is 8.65. The van der Waals surface area contributed by atoms with E-state index in [1.54, 1.807) is 30.3 Å². The van der Waals surface area contributed by atoms with Crippen LogP contribution in [-0.4, -0.2) is 29.7 Å². The van der Waals surface area contributed by atoms with Gasteiger partial charge in [-0.25, -0.2) is 0 Å². The fraction of sp³-hybridized carbons (Fsp3) is 0.136. The summed E-state index contributed by atoms with van der Waals surface area (Å²) in [6.45, 7) is 0.125. The molecule has 30 heavy (non-hydrogen) atoms. The molecule has 0 N–H and O–H groups in total. The molecule has 0 aliphatic carbocycles. The summed E-state index contributed by atoms with van der Waals surface area (Å²) >= 11 is 4.30. The standard InChI is InChI=1S/C22H15BrN2O4S/c1-3-8-25-21(26)20(30-22(25)27)10-16-9-18(28-2)19(11-17(16)23)29-13-15-7-5-4-6-14(15)12-24/h1,4-7,9-11H,8,13H2,2H3. The molecule has 0 spiro atoms. The van der Waals surface area contributed by atoms with Crippen molar-refractivity contribution >= 4 is 44.9 Å². The van der Waals surface area contributed by atoms with Crippen molar-refractivity contribution in [3.8, 4) is 29.9 Å². The predicted octanol–water partition coefficient (Wildman–Crippen LogP) is 4.58. The third kappa shape index (κ3) is 4.51. The zero-order valence-electron chi connectivity index (χ0n) is 15.8. The minimum atomic E-state index is -0.428. The van der Waals surface area contributed by atoms with E-state index >= 15 is 0 Å². The first kappa shape index (κ1) is 21.5. The van der Waals surface area contributed by atoms with Crippen molar-refractivity contribution in [3.63, 3.8) is 0 Å². The largest absolute Gasteiger partial charge is 0.493 e. The van der Waals surface area contributed by atoms with Crippen molar-refractivity contribution in [2.24, 2.45) is 0 Å². The lowest BCUT2D eigenvalue weighted by Crippen LogP contribution is -2.28. The first-order valence-corrected chi connectivity index (χ1v) is 10.3. The summed E-state index contributed by atoms with van der Waals surface area (Å²) in [5, 5.41) is 8.81. The number of hydrogen-bond acceptors (Lipinski definition) is 6. The topological polar surface area (TPSA) is 79.6 Å². The van der Waals surface area contributed by atoms with Crippen LogP contribution in [0.15, 0.2) is 45.8 Å². The van der Waals surface area contributed by atoms with Gasteiger partial charge in [-0.05, 0) is 41.6 Å². The number of methoxy groups -OCH3 is 1. The Morgan fingerprint density at radius 3 is 2.73 bits per heavy atom. The van der Waals surface area contributed by atoms with Gasteiger partial charge >= 0.3 is 0 Å². The van der Waals surface area contributed by atoms with Crippen LogP contribution >= 0.6 is 27.7 Å². The lowest BCUT2D eigenvalue weighted by atomic mass is 10.1. The summed E-state index contributed by atoms with van der Waals surface area (Å²) in [6.07, 6.45) is 6.82. The molecule has 8 heteroatoms. The predicted molar refractivity (Wildman–Crippen MR) is 118 cm³/mol. The van der Waals surface area contributed by atoms with Gasteiger partial charge in [0.15, 0.2) is 11.5 Å². The molecule has 0 bridgehead atoms. The highest BCUT2D eigenvalue weighted by molar-refractivity contribution is 9.10. The number of rotatable bonds is 6. The molecule has 1 fully saturated rings. The van der Waals surface area contributed by atoms with Gasteiger partial charge in [0.05, 0.1) is 30.2 Å². The van der Waals surface area contributed by atoms with Crippen LogP contribution < -0.4 is 9.47 Å². The lowest BCUT2D eigenvalue weighted by molar-refractivity contribution is -0.122. The Kier molecular flexibility index (Phi) is 6.83. The number of terminal acetylenes is 1. The highest BCUT2D eigenvalue weighted by Crippen LogP contribution is 2.38. The number of hydrogen-bond donors (Lipinski definition) is 0. The van der Waals surface area contributed by atoms with Gasteiger partial charge in [-0.2, -0.15) is 5.26 Å². The summed E-state index contributed by atoms with van der Waals surface area (Å²) in [6, 6.07) is 12.7. The van der Waals surface area contributed by atoms with Gasteiger partial charge in [0, 0.05) is 10.0 Å². The average Bonchev–Trinajstić information content (AvgIpc) is 3.01. The molecule has 0 unspecified atom stereocenters. The maximum atomic E-state index is 12.4. The molecular formula is C22H15BrN2O4S. The van der Waals surface area contributed by atoms with Crippen molar-refractivity contribution in [2.45, 2.75) is 6.61 Å². The molecule has 0 saturated carbocycles. The number of amides is 2. The fourth-order valence-electron chi connectivity index (χ4n) is 2.71. The van der Waals surface area contributed by atoms with Crippen molar-refractivity contribution in [3.05, 3.63) is 62.5 Å². The summed E-state index contributed by atoms with van der Waals surface area (Å²) in [4.78, 5) is 25.6. The SMILES string of the molecule is C#CCN1C(=O)SC(=Cc2cc(OC)c(OCc3ccccc3C#N)cc2Br)C1=O. The number of benzene rings is 2. The quantitative estimate of drug-likeness (QED) is 0.442. The Balaban J connectivity index is 1.86. The molecule has 3 rings (SSSR count). The zero-order valence-corrected chi connectivity index (χ0v) is 18.2. The number of nitrogens with zero attached hydrogens (tertiary/aromatic N) is 2. The Hall–Kier alpha value is -3.20. The van der Waals surface area contributed by atoms with Gasteiger partial charge in [-0.1, -0.05) is 40.0 Å². The van der Waals surface area contributed by atoms with E-state index in [0.717, 1.165) is 22.2 Å². The van der Waals surface area contributed by atoms with E-state index in [9.17, 15) is 14.9 Å². The van der Waals surface area contributed by atoms with E-state index in [0.29, 0.717) is 27.1 Å². The molecule has 1 heterocycles. The number of ether oxygens (including phenoxy) is 2. The van der Waals surface area contributed by atoms with Crippen LogP contribution in [0.1, 0.15) is 16.7 Å². The second-order valence-corrected chi connectivity index (χ2v) is 7.90. The molecule has 0 aromatic heterocycles. The second kappa shape index (κ2) is 9.53. The van der Waals surface area contributed by atoms with E-state index < -0.39 is 11.1 Å². The summed E-state index contributed by atoms with van der Waals surface area (Å²) in [5.41, 5.74) is 1.93. The Morgan fingerprint density at radius 1 is 1.27 bits per heavy atom. The fourth-order valence-corrected chi connectivity index (χ4v) is 3.98. The van der Waals surface area contributed by atoms with Gasteiger partial charge in [0.2, 0.25) is 0 Å². The molecule has 2 aromatic rings. The van der Waals surface area contributed by atoms with E-state index in [4.69, 9.17) is 15.9 Å². The van der Waals surface area contributed by atoms with E-state index in [1.165, 1.54) is 7.11 Å². The molecule has 1 saturated heterocycles. The van der Waals surface area contributed by atoms with Gasteiger partial charge in [0.1, 0.15) is 6.61 Å². The number of thioether (sulfide) groups is 1. The monoisotopic (exact) mass is 482 g/mol. The van der Waals surface area contributed by atoms with E-state index in [1.807, 2.05) is 12.1 Å². The Labute approximate surface area is 186 Å². The number of imide groups is 1. The van der Waals surface area contributed by atoms with E-state index in [2.05, 4.69) is 27.9 Å². The third-order valence-corrected chi connectivity index (χ3v) is 5.81. The molecule has 2 aromatic carbocycles. The van der Waals surface area contributed by atoms with Crippen LogP contribution in [-0.2, 0) is 11.4 Å². The average molecular weight is 483 g/mol. The molecule has 150 valence electrons. The maximum Gasteiger partial charge on any atom is 0.294 e. The number of nitriles is 1. The summed E-state index contributed by atoms with van der Waals surface area (Å²) < 4.78 is 11.9. The van der Waals surface area contributed by atoms with Crippen molar-refractivity contribution in [1.29, 1.82) is 5.26 Å². The normalized spacial score (nSPS) is 14.5. The highest BCUT2D eigenvalue weighted by Gasteiger charge is 2.34. The van der Waals surface area contributed by atoms with Crippen LogP contribution in [0.4, 0.5) is 4.79 Å². The first-order chi connectivity index (χ1) is 14.5. The van der Waals surface area contributed by atoms with Gasteiger partial charge < -0.3 is 9.47 Å². The molecule has 1 aliphatic rings.